The van der Waals surface area contributed by atoms with Crippen LogP contribution >= 0.6 is 0 Å². The molecule has 3 rings (SSSR count). The van der Waals surface area contributed by atoms with E-state index in [0.717, 1.165) is 38.9 Å². The summed E-state index contributed by atoms with van der Waals surface area (Å²) in [7, 11) is 0. The molecule has 0 spiro atoms. The van der Waals surface area contributed by atoms with E-state index in [1.807, 2.05) is 18.7 Å². The molecule has 118 valence electrons. The zero-order valence-corrected chi connectivity index (χ0v) is 13.1. The summed E-state index contributed by atoms with van der Waals surface area (Å²) in [5, 5.41) is 3.01. The standard InChI is InChI=1S/C16H26N2O3/c1-3-13-14(19)17-16(2,12-4-5-12)15(20)18(13)8-6-11-7-9-21-10-11/h11-13H,3-10H2,1-2H3,(H,17,19). The SMILES string of the molecule is CCC1C(=O)NC(C)(C2CC2)C(=O)N1CCC1CCOC1. The number of hydrogen-bond acceptors (Lipinski definition) is 3. The largest absolute Gasteiger partial charge is 0.381 e. The monoisotopic (exact) mass is 294 g/mol. The van der Waals surface area contributed by atoms with Crippen LogP contribution in [-0.4, -0.2) is 48.1 Å². The van der Waals surface area contributed by atoms with Gasteiger partial charge in [0.2, 0.25) is 11.8 Å². The number of amides is 2. The maximum Gasteiger partial charge on any atom is 0.249 e. The molecule has 2 aliphatic heterocycles. The van der Waals surface area contributed by atoms with E-state index in [0.29, 0.717) is 24.8 Å². The minimum absolute atomic E-state index is 0.0224. The van der Waals surface area contributed by atoms with E-state index < -0.39 is 5.54 Å². The lowest BCUT2D eigenvalue weighted by molar-refractivity contribution is -0.155. The third-order valence-corrected chi connectivity index (χ3v) is 5.35. The van der Waals surface area contributed by atoms with Gasteiger partial charge in [-0.15, -0.1) is 0 Å². The van der Waals surface area contributed by atoms with Crippen molar-refractivity contribution in [3.8, 4) is 0 Å². The van der Waals surface area contributed by atoms with E-state index >= 15 is 0 Å². The fraction of sp³-hybridized carbons (Fsp3) is 0.875. The van der Waals surface area contributed by atoms with Crippen LogP contribution < -0.4 is 5.32 Å². The van der Waals surface area contributed by atoms with Gasteiger partial charge in [0.15, 0.2) is 0 Å². The second kappa shape index (κ2) is 5.59. The van der Waals surface area contributed by atoms with Gasteiger partial charge in [-0.25, -0.2) is 0 Å². The van der Waals surface area contributed by atoms with Crippen molar-refractivity contribution in [1.29, 1.82) is 0 Å². The number of carbonyl (C=O) groups excluding carboxylic acids is 2. The quantitative estimate of drug-likeness (QED) is 0.832. The average Bonchev–Trinajstić information content (AvgIpc) is 3.20. The van der Waals surface area contributed by atoms with Gasteiger partial charge in [0.25, 0.3) is 0 Å². The lowest BCUT2D eigenvalue weighted by Crippen LogP contribution is -2.70. The Hall–Kier alpha value is -1.10. The highest BCUT2D eigenvalue weighted by atomic mass is 16.5. The molecule has 0 aromatic carbocycles. The summed E-state index contributed by atoms with van der Waals surface area (Å²) in [6, 6.07) is -0.299. The summed E-state index contributed by atoms with van der Waals surface area (Å²) >= 11 is 0. The van der Waals surface area contributed by atoms with Gasteiger partial charge in [0.05, 0.1) is 0 Å². The number of carbonyl (C=O) groups is 2. The predicted molar refractivity (Wildman–Crippen MR) is 78.6 cm³/mol. The highest BCUT2D eigenvalue weighted by molar-refractivity contribution is 6.00. The zero-order chi connectivity index (χ0) is 15.0. The first kappa shape index (κ1) is 14.8. The van der Waals surface area contributed by atoms with Gasteiger partial charge < -0.3 is 15.0 Å². The van der Waals surface area contributed by atoms with Gasteiger partial charge in [-0.05, 0) is 50.9 Å². The van der Waals surface area contributed by atoms with E-state index in [1.54, 1.807) is 0 Å². The van der Waals surface area contributed by atoms with Gasteiger partial charge in [-0.3, -0.25) is 9.59 Å². The Balaban J connectivity index is 1.72. The number of nitrogens with zero attached hydrogens (tertiary/aromatic N) is 1. The van der Waals surface area contributed by atoms with Gasteiger partial charge in [0, 0.05) is 19.8 Å². The number of piperazine rings is 1. The lowest BCUT2D eigenvalue weighted by Gasteiger charge is -2.44. The maximum absolute atomic E-state index is 12.9. The second-order valence-corrected chi connectivity index (χ2v) is 6.91. The molecule has 1 N–H and O–H groups in total. The van der Waals surface area contributed by atoms with Crippen molar-refractivity contribution in [3.05, 3.63) is 0 Å². The van der Waals surface area contributed by atoms with Crippen LogP contribution in [0.25, 0.3) is 0 Å². The smallest absolute Gasteiger partial charge is 0.249 e. The highest BCUT2D eigenvalue weighted by Crippen LogP contribution is 2.42. The van der Waals surface area contributed by atoms with Gasteiger partial charge >= 0.3 is 0 Å². The van der Waals surface area contributed by atoms with Crippen LogP contribution in [0.2, 0.25) is 0 Å². The second-order valence-electron chi connectivity index (χ2n) is 6.91. The average molecular weight is 294 g/mol. The molecule has 21 heavy (non-hydrogen) atoms. The molecule has 3 aliphatic rings. The minimum Gasteiger partial charge on any atom is -0.381 e. The molecule has 3 fully saturated rings. The van der Waals surface area contributed by atoms with Crippen LogP contribution in [0.4, 0.5) is 0 Å². The molecular formula is C16H26N2O3. The molecule has 0 radical (unpaired) electrons. The van der Waals surface area contributed by atoms with Crippen molar-refractivity contribution in [2.45, 2.75) is 57.5 Å². The Morgan fingerprint density at radius 1 is 1.33 bits per heavy atom. The summed E-state index contributed by atoms with van der Waals surface area (Å²) in [5.41, 5.74) is -0.672. The van der Waals surface area contributed by atoms with Crippen molar-refractivity contribution in [2.75, 3.05) is 19.8 Å². The van der Waals surface area contributed by atoms with Crippen LogP contribution in [0.1, 0.15) is 46.0 Å². The Labute approximate surface area is 126 Å². The first-order valence-electron chi connectivity index (χ1n) is 8.27. The summed E-state index contributed by atoms with van der Waals surface area (Å²) < 4.78 is 5.40. The van der Waals surface area contributed by atoms with Gasteiger partial charge in [0.1, 0.15) is 11.6 Å². The van der Waals surface area contributed by atoms with Crippen molar-refractivity contribution >= 4 is 11.8 Å². The Morgan fingerprint density at radius 3 is 2.67 bits per heavy atom. The summed E-state index contributed by atoms with van der Waals surface area (Å²) in [4.78, 5) is 27.2. The fourth-order valence-electron chi connectivity index (χ4n) is 3.71. The molecule has 0 aromatic heterocycles. The van der Waals surface area contributed by atoms with E-state index in [2.05, 4.69) is 5.32 Å². The van der Waals surface area contributed by atoms with Crippen LogP contribution in [0.15, 0.2) is 0 Å². The number of hydrogen-bond donors (Lipinski definition) is 1. The van der Waals surface area contributed by atoms with Crippen LogP contribution in [0.3, 0.4) is 0 Å². The lowest BCUT2D eigenvalue weighted by atomic mass is 9.88. The summed E-state index contributed by atoms with van der Waals surface area (Å²) in [6.07, 6.45) is 4.79. The minimum atomic E-state index is -0.672. The number of ether oxygens (including phenoxy) is 1. The predicted octanol–water partition coefficient (Wildman–Crippen LogP) is 1.32. The normalized spacial score (nSPS) is 37.0. The molecule has 2 amide bonds. The molecule has 5 heteroatoms. The molecule has 2 heterocycles. The molecule has 0 bridgehead atoms. The molecule has 3 atom stereocenters. The van der Waals surface area contributed by atoms with E-state index in [-0.39, 0.29) is 17.9 Å². The molecule has 3 unspecified atom stereocenters. The summed E-state index contributed by atoms with van der Waals surface area (Å²) in [5.74, 6) is 1.00. The number of rotatable bonds is 5. The van der Waals surface area contributed by atoms with E-state index in [9.17, 15) is 9.59 Å². The van der Waals surface area contributed by atoms with Crippen molar-refractivity contribution in [2.24, 2.45) is 11.8 Å². The molecule has 0 aromatic rings. The zero-order valence-electron chi connectivity index (χ0n) is 13.1. The Morgan fingerprint density at radius 2 is 2.10 bits per heavy atom. The molecular weight excluding hydrogens is 268 g/mol. The van der Waals surface area contributed by atoms with Gasteiger partial charge in [-0.1, -0.05) is 6.92 Å². The van der Waals surface area contributed by atoms with Crippen LogP contribution in [-0.2, 0) is 14.3 Å². The summed E-state index contributed by atoms with van der Waals surface area (Å²) in [6.45, 7) is 6.19. The first-order valence-corrected chi connectivity index (χ1v) is 8.27. The van der Waals surface area contributed by atoms with Crippen LogP contribution in [0.5, 0.6) is 0 Å². The highest BCUT2D eigenvalue weighted by Gasteiger charge is 2.54. The third kappa shape index (κ3) is 2.68. The van der Waals surface area contributed by atoms with Crippen molar-refractivity contribution < 1.29 is 14.3 Å². The topological polar surface area (TPSA) is 58.6 Å². The molecule has 5 nitrogen and oxygen atoms in total. The van der Waals surface area contributed by atoms with E-state index in [4.69, 9.17) is 4.74 Å². The third-order valence-electron chi connectivity index (χ3n) is 5.35. The van der Waals surface area contributed by atoms with Crippen molar-refractivity contribution in [3.63, 3.8) is 0 Å². The first-order chi connectivity index (χ1) is 10.1. The molecule has 1 saturated carbocycles. The Kier molecular flexibility index (Phi) is 3.95. The fourth-order valence-corrected chi connectivity index (χ4v) is 3.71. The molecule has 1 aliphatic carbocycles. The van der Waals surface area contributed by atoms with Crippen molar-refractivity contribution in [1.82, 2.24) is 10.2 Å². The van der Waals surface area contributed by atoms with Crippen LogP contribution in [0, 0.1) is 11.8 Å². The van der Waals surface area contributed by atoms with E-state index in [1.165, 1.54) is 0 Å². The van der Waals surface area contributed by atoms with Gasteiger partial charge in [-0.2, -0.15) is 0 Å². The number of nitrogens with one attached hydrogen (secondary N) is 1. The maximum atomic E-state index is 12.9. The Bertz CT molecular complexity index is 429. The molecule has 2 saturated heterocycles.